The van der Waals surface area contributed by atoms with Crippen LogP contribution in [-0.2, 0) is 4.79 Å². The number of rotatable bonds is 5. The van der Waals surface area contributed by atoms with Crippen molar-refractivity contribution in [2.24, 2.45) is 0 Å². The van der Waals surface area contributed by atoms with Gasteiger partial charge in [-0.1, -0.05) is 18.2 Å². The number of para-hydroxylation sites is 2. The molecule has 0 saturated carbocycles. The minimum absolute atomic E-state index is 0.159. The number of carbonyl (C=O) groups excluding carboxylic acids is 2. The fourth-order valence-electron chi connectivity index (χ4n) is 2.25. The quantitative estimate of drug-likeness (QED) is 0.783. The van der Waals surface area contributed by atoms with Crippen LogP contribution in [0.5, 0.6) is 0 Å². The highest BCUT2D eigenvalue weighted by Gasteiger charge is 2.09. The summed E-state index contributed by atoms with van der Waals surface area (Å²) in [5.41, 5.74) is 2.91. The van der Waals surface area contributed by atoms with Crippen molar-refractivity contribution in [1.82, 2.24) is 0 Å². The zero-order chi connectivity index (χ0) is 17.5. The maximum absolute atomic E-state index is 12.3. The molecule has 0 spiro atoms. The summed E-state index contributed by atoms with van der Waals surface area (Å²) in [6.45, 7) is 4.32. The smallest absolute Gasteiger partial charge is 0.323 e. The van der Waals surface area contributed by atoms with Crippen LogP contribution in [0.1, 0.15) is 13.8 Å². The van der Waals surface area contributed by atoms with E-state index in [4.69, 9.17) is 0 Å². The van der Waals surface area contributed by atoms with Crippen molar-refractivity contribution in [2.45, 2.75) is 13.8 Å². The van der Waals surface area contributed by atoms with Crippen LogP contribution in [0.4, 0.5) is 27.5 Å². The number of carbonyl (C=O) groups is 2. The van der Waals surface area contributed by atoms with Crippen molar-refractivity contribution >= 4 is 34.7 Å². The summed E-state index contributed by atoms with van der Waals surface area (Å²) in [5, 5.41) is 8.31. The molecule has 6 heteroatoms. The van der Waals surface area contributed by atoms with Gasteiger partial charge in [-0.3, -0.25) is 4.79 Å². The normalized spacial score (nSPS) is 9.96. The van der Waals surface area contributed by atoms with Gasteiger partial charge >= 0.3 is 6.03 Å². The lowest BCUT2D eigenvalue weighted by Crippen LogP contribution is -2.23. The van der Waals surface area contributed by atoms with Gasteiger partial charge in [0.15, 0.2) is 0 Å². The number of hydrogen-bond donors (Lipinski definition) is 3. The van der Waals surface area contributed by atoms with Crippen molar-refractivity contribution in [2.75, 3.05) is 34.4 Å². The van der Waals surface area contributed by atoms with Gasteiger partial charge in [-0.2, -0.15) is 0 Å². The summed E-state index contributed by atoms with van der Waals surface area (Å²) in [6, 6.07) is 14.3. The molecule has 24 heavy (non-hydrogen) atoms. The van der Waals surface area contributed by atoms with Crippen LogP contribution in [0.2, 0.25) is 0 Å². The van der Waals surface area contributed by atoms with Gasteiger partial charge in [-0.05, 0) is 37.3 Å². The molecule has 0 aromatic heterocycles. The summed E-state index contributed by atoms with van der Waals surface area (Å²) in [4.78, 5) is 25.4. The largest absolute Gasteiger partial charge is 0.373 e. The molecule has 3 amide bonds. The van der Waals surface area contributed by atoms with Crippen molar-refractivity contribution in [3.05, 3.63) is 48.5 Å². The van der Waals surface area contributed by atoms with E-state index in [0.29, 0.717) is 11.4 Å². The number of nitrogens with zero attached hydrogens (tertiary/aromatic N) is 1. The fraction of sp³-hybridized carbons (Fsp3) is 0.222. The van der Waals surface area contributed by atoms with Crippen LogP contribution < -0.4 is 20.9 Å². The molecule has 126 valence electrons. The topological polar surface area (TPSA) is 73.5 Å². The average molecular weight is 326 g/mol. The SMILES string of the molecule is CCN(C)c1ccccc1NC(=O)Nc1cccc(NC(C)=O)c1. The first-order chi connectivity index (χ1) is 11.5. The Hall–Kier alpha value is -3.02. The molecule has 2 rings (SSSR count). The fourth-order valence-corrected chi connectivity index (χ4v) is 2.25. The summed E-state index contributed by atoms with van der Waals surface area (Å²) >= 11 is 0. The molecule has 0 aliphatic carbocycles. The van der Waals surface area contributed by atoms with Gasteiger partial charge in [0.25, 0.3) is 0 Å². The van der Waals surface area contributed by atoms with Gasteiger partial charge in [0.2, 0.25) is 5.91 Å². The standard InChI is InChI=1S/C18H22N4O2/c1-4-22(3)17-11-6-5-10-16(17)21-18(24)20-15-9-7-8-14(12-15)19-13(2)23/h5-12H,4H2,1-3H3,(H,19,23)(H2,20,21,24). The lowest BCUT2D eigenvalue weighted by atomic mass is 10.2. The molecule has 0 radical (unpaired) electrons. The molecule has 6 nitrogen and oxygen atoms in total. The molecule has 2 aromatic rings. The number of benzene rings is 2. The highest BCUT2D eigenvalue weighted by molar-refractivity contribution is 6.02. The van der Waals surface area contributed by atoms with E-state index in [2.05, 4.69) is 16.0 Å². The number of urea groups is 1. The Labute approximate surface area is 141 Å². The first-order valence-electron chi connectivity index (χ1n) is 7.75. The average Bonchev–Trinajstić information content (AvgIpc) is 2.54. The second kappa shape index (κ2) is 8.01. The molecule has 0 aliphatic heterocycles. The predicted molar refractivity (Wildman–Crippen MR) is 98.8 cm³/mol. The Morgan fingerprint density at radius 1 is 0.958 bits per heavy atom. The van der Waals surface area contributed by atoms with Gasteiger partial charge < -0.3 is 20.9 Å². The van der Waals surface area contributed by atoms with Crippen LogP contribution in [0.15, 0.2) is 48.5 Å². The maximum atomic E-state index is 12.3. The van der Waals surface area contributed by atoms with Crippen molar-refractivity contribution in [3.63, 3.8) is 0 Å². The molecule has 0 bridgehead atoms. The van der Waals surface area contributed by atoms with Crippen LogP contribution in [-0.4, -0.2) is 25.5 Å². The van der Waals surface area contributed by atoms with Gasteiger partial charge in [0.05, 0.1) is 11.4 Å². The minimum Gasteiger partial charge on any atom is -0.373 e. The predicted octanol–water partition coefficient (Wildman–Crippen LogP) is 3.75. The van der Waals surface area contributed by atoms with E-state index in [1.54, 1.807) is 24.3 Å². The third kappa shape index (κ3) is 4.74. The first-order valence-corrected chi connectivity index (χ1v) is 7.75. The number of hydrogen-bond acceptors (Lipinski definition) is 3. The highest BCUT2D eigenvalue weighted by Crippen LogP contribution is 2.24. The Morgan fingerprint density at radius 3 is 2.29 bits per heavy atom. The van der Waals surface area contributed by atoms with E-state index < -0.39 is 0 Å². The Balaban J connectivity index is 2.08. The number of nitrogens with one attached hydrogen (secondary N) is 3. The van der Waals surface area contributed by atoms with E-state index in [-0.39, 0.29) is 11.9 Å². The molecule has 2 aromatic carbocycles. The Bertz CT molecular complexity index is 730. The molecule has 0 fully saturated rings. The van der Waals surface area contributed by atoms with Gasteiger partial charge in [0, 0.05) is 31.9 Å². The zero-order valence-electron chi connectivity index (χ0n) is 14.1. The molecular formula is C18H22N4O2. The second-order valence-electron chi connectivity index (χ2n) is 5.37. The first kappa shape index (κ1) is 17.3. The maximum Gasteiger partial charge on any atom is 0.323 e. The highest BCUT2D eigenvalue weighted by atomic mass is 16.2. The zero-order valence-corrected chi connectivity index (χ0v) is 14.1. The lowest BCUT2D eigenvalue weighted by molar-refractivity contribution is -0.114. The van der Waals surface area contributed by atoms with Gasteiger partial charge in [-0.15, -0.1) is 0 Å². The lowest BCUT2D eigenvalue weighted by Gasteiger charge is -2.21. The summed E-state index contributed by atoms with van der Waals surface area (Å²) in [6.07, 6.45) is 0. The Morgan fingerprint density at radius 2 is 1.62 bits per heavy atom. The molecule has 0 atom stereocenters. The summed E-state index contributed by atoms with van der Waals surface area (Å²) in [7, 11) is 1.97. The van der Waals surface area contributed by atoms with E-state index in [9.17, 15) is 9.59 Å². The third-order valence-corrected chi connectivity index (χ3v) is 3.48. The third-order valence-electron chi connectivity index (χ3n) is 3.48. The van der Waals surface area contributed by atoms with Crippen molar-refractivity contribution in [1.29, 1.82) is 0 Å². The van der Waals surface area contributed by atoms with Crippen LogP contribution in [0.3, 0.4) is 0 Å². The second-order valence-corrected chi connectivity index (χ2v) is 5.37. The van der Waals surface area contributed by atoms with Crippen molar-refractivity contribution in [3.8, 4) is 0 Å². The van der Waals surface area contributed by atoms with E-state index >= 15 is 0 Å². The van der Waals surface area contributed by atoms with Crippen LogP contribution in [0, 0.1) is 0 Å². The van der Waals surface area contributed by atoms with Gasteiger partial charge in [-0.25, -0.2) is 4.79 Å². The minimum atomic E-state index is -0.341. The van der Waals surface area contributed by atoms with Crippen LogP contribution in [0.25, 0.3) is 0 Å². The number of anilines is 4. The van der Waals surface area contributed by atoms with Crippen LogP contribution >= 0.6 is 0 Å². The molecular weight excluding hydrogens is 304 g/mol. The summed E-state index contributed by atoms with van der Waals surface area (Å²) < 4.78 is 0. The monoisotopic (exact) mass is 326 g/mol. The van der Waals surface area contributed by atoms with E-state index in [0.717, 1.165) is 17.9 Å². The van der Waals surface area contributed by atoms with E-state index in [1.807, 2.05) is 43.1 Å². The van der Waals surface area contributed by atoms with E-state index in [1.165, 1.54) is 6.92 Å². The van der Waals surface area contributed by atoms with Gasteiger partial charge in [0.1, 0.15) is 0 Å². The Kier molecular flexibility index (Phi) is 5.78. The van der Waals surface area contributed by atoms with Crippen molar-refractivity contribution < 1.29 is 9.59 Å². The summed E-state index contributed by atoms with van der Waals surface area (Å²) in [5.74, 6) is -0.159. The molecule has 0 aliphatic rings. The molecule has 0 unspecified atom stereocenters. The molecule has 0 heterocycles. The number of amides is 3. The molecule has 3 N–H and O–H groups in total. The molecule has 0 saturated heterocycles.